The average Bonchev–Trinajstić information content (AvgIpc) is 3.80. The molecule has 11 rings (SSSR count). The average molecular weight is 674 g/mol. The number of hydrogen-bond acceptors (Lipinski definition) is 3. The first kappa shape index (κ1) is 29.6. The Balaban J connectivity index is 1.27. The molecule has 0 bridgehead atoms. The zero-order valence-electron chi connectivity index (χ0n) is 28.7. The van der Waals surface area contributed by atoms with Crippen molar-refractivity contribution in [2.24, 2.45) is 9.98 Å². The van der Waals surface area contributed by atoms with Crippen molar-refractivity contribution in [2.45, 2.75) is 0 Å². The molecule has 2 aliphatic heterocycles. The maximum atomic E-state index is 5.28. The number of para-hydroxylation sites is 2. The molecule has 0 radical (unpaired) electrons. The maximum Gasteiger partial charge on any atom is 0.0817 e. The lowest BCUT2D eigenvalue weighted by Gasteiger charge is -2.31. The van der Waals surface area contributed by atoms with Gasteiger partial charge in [0.15, 0.2) is 0 Å². The van der Waals surface area contributed by atoms with E-state index in [4.69, 9.17) is 9.98 Å². The van der Waals surface area contributed by atoms with Gasteiger partial charge in [-0.2, -0.15) is 0 Å². The Hall–Kier alpha value is -7.10. The van der Waals surface area contributed by atoms with Crippen LogP contribution in [0, 0.1) is 10.4 Å². The van der Waals surface area contributed by atoms with Crippen molar-refractivity contribution in [3.05, 3.63) is 209 Å². The highest BCUT2D eigenvalue weighted by Gasteiger charge is 2.29. The third-order valence-electron chi connectivity index (χ3n) is 10.8. The van der Waals surface area contributed by atoms with Gasteiger partial charge in [0, 0.05) is 43.5 Å². The number of rotatable bonds is 5. The van der Waals surface area contributed by atoms with Gasteiger partial charge in [-0.3, -0.25) is 0 Å². The highest BCUT2D eigenvalue weighted by Crippen LogP contribution is 2.53. The molecule has 0 saturated carbocycles. The van der Waals surface area contributed by atoms with Crippen molar-refractivity contribution in [3.63, 3.8) is 0 Å². The second kappa shape index (κ2) is 11.7. The summed E-state index contributed by atoms with van der Waals surface area (Å²) in [5, 5.41) is 9.05. The quantitative estimate of drug-likeness (QED) is 0.179. The first-order valence-corrected chi connectivity index (χ1v) is 18.1. The Kier molecular flexibility index (Phi) is 6.55. The molecule has 0 aromatic heterocycles. The molecule has 0 aliphatic carbocycles. The Bertz CT molecular complexity index is 3090. The van der Waals surface area contributed by atoms with Crippen LogP contribution >= 0.6 is 0 Å². The summed E-state index contributed by atoms with van der Waals surface area (Å²) in [5.41, 5.74) is 12.1. The van der Waals surface area contributed by atoms with Crippen LogP contribution in [0.4, 0.5) is 28.4 Å². The van der Waals surface area contributed by atoms with E-state index in [9.17, 15) is 0 Å². The lowest BCUT2D eigenvalue weighted by Crippen LogP contribution is -2.12. The standard InChI is InChI=1S/C50H31N3/c1-2-14-34(15-3-1)37-28-30-42-48(49-43(51-42)31-29-39-38-22-8-10-24-41(38)52-50(39)49)47(37)40-23-9-11-25-46(40)53(44-26-12-18-32-16-4-6-20-35(32)44)45-27-13-19-33-17-5-7-21-36(33)45/h1-31H. The smallest absolute Gasteiger partial charge is 0.0817 e. The summed E-state index contributed by atoms with van der Waals surface area (Å²) in [4.78, 5) is 13.0. The minimum Gasteiger partial charge on any atom is -0.309 e. The van der Waals surface area contributed by atoms with E-state index in [1.54, 1.807) is 0 Å². The van der Waals surface area contributed by atoms with Crippen LogP contribution in [0.15, 0.2) is 198 Å². The lowest BCUT2D eigenvalue weighted by molar-refractivity contribution is 1.31. The third kappa shape index (κ3) is 4.54. The van der Waals surface area contributed by atoms with Crippen LogP contribution in [0.1, 0.15) is 0 Å². The van der Waals surface area contributed by atoms with Crippen LogP contribution in [0.25, 0.3) is 54.9 Å². The zero-order chi connectivity index (χ0) is 34.9. The van der Waals surface area contributed by atoms with Crippen LogP contribution in [0.3, 0.4) is 0 Å². The van der Waals surface area contributed by atoms with Crippen LogP contribution in [0.2, 0.25) is 0 Å². The zero-order valence-corrected chi connectivity index (χ0v) is 28.7. The molecule has 2 heterocycles. The minimum atomic E-state index is 0.958. The van der Waals surface area contributed by atoms with Gasteiger partial charge in [0.2, 0.25) is 0 Å². The van der Waals surface area contributed by atoms with E-state index in [0.29, 0.717) is 0 Å². The van der Waals surface area contributed by atoms with Gasteiger partial charge >= 0.3 is 0 Å². The summed E-state index contributed by atoms with van der Waals surface area (Å²) in [5.74, 6) is 0. The fourth-order valence-electron chi connectivity index (χ4n) is 8.45. The summed E-state index contributed by atoms with van der Waals surface area (Å²) in [7, 11) is 0. The van der Waals surface area contributed by atoms with Crippen molar-refractivity contribution in [1.29, 1.82) is 0 Å². The van der Waals surface area contributed by atoms with E-state index < -0.39 is 0 Å². The van der Waals surface area contributed by atoms with Crippen molar-refractivity contribution in [1.82, 2.24) is 0 Å². The number of fused-ring (bicyclic) bond motifs is 8. The minimum absolute atomic E-state index is 0.958. The Morgan fingerprint density at radius 3 is 1.74 bits per heavy atom. The molecule has 0 atom stereocenters. The number of anilines is 3. The predicted molar refractivity (Wildman–Crippen MR) is 218 cm³/mol. The van der Waals surface area contributed by atoms with Crippen molar-refractivity contribution in [2.75, 3.05) is 4.90 Å². The van der Waals surface area contributed by atoms with Gasteiger partial charge in [0.25, 0.3) is 0 Å². The molecular weight excluding hydrogens is 643 g/mol. The topological polar surface area (TPSA) is 28.0 Å². The van der Waals surface area contributed by atoms with E-state index >= 15 is 0 Å². The highest BCUT2D eigenvalue weighted by atomic mass is 15.1. The van der Waals surface area contributed by atoms with Crippen molar-refractivity contribution >= 4 is 50.0 Å². The van der Waals surface area contributed by atoms with Crippen LogP contribution in [-0.2, 0) is 0 Å². The summed E-state index contributed by atoms with van der Waals surface area (Å²) in [6.07, 6.45) is 0. The van der Waals surface area contributed by atoms with Gasteiger partial charge in [-0.05, 0) is 64.4 Å². The van der Waals surface area contributed by atoms with Crippen molar-refractivity contribution in [3.8, 4) is 33.4 Å². The molecule has 0 saturated heterocycles. The van der Waals surface area contributed by atoms with Gasteiger partial charge in [-0.15, -0.1) is 0 Å². The Labute approximate surface area is 306 Å². The molecular formula is C50H31N3. The molecule has 0 fully saturated rings. The molecule has 2 aliphatic rings. The van der Waals surface area contributed by atoms with Gasteiger partial charge in [-0.25, -0.2) is 9.98 Å². The maximum absolute atomic E-state index is 5.28. The molecule has 0 N–H and O–H groups in total. The third-order valence-corrected chi connectivity index (χ3v) is 10.8. The first-order chi connectivity index (χ1) is 26.3. The molecule has 246 valence electrons. The van der Waals surface area contributed by atoms with Crippen LogP contribution < -0.4 is 15.6 Å². The van der Waals surface area contributed by atoms with E-state index in [1.807, 2.05) is 0 Å². The van der Waals surface area contributed by atoms with E-state index in [1.165, 1.54) is 21.5 Å². The van der Waals surface area contributed by atoms with E-state index in [0.717, 1.165) is 83.0 Å². The lowest BCUT2D eigenvalue weighted by atomic mass is 9.85. The Morgan fingerprint density at radius 1 is 0.340 bits per heavy atom. The Morgan fingerprint density at radius 2 is 0.962 bits per heavy atom. The number of nitrogens with zero attached hydrogens (tertiary/aromatic N) is 3. The fraction of sp³-hybridized carbons (Fsp3) is 0. The fourth-order valence-corrected chi connectivity index (χ4v) is 8.45. The monoisotopic (exact) mass is 673 g/mol. The van der Waals surface area contributed by atoms with Crippen LogP contribution in [0.5, 0.6) is 0 Å². The molecule has 9 aromatic rings. The molecule has 0 spiro atoms. The number of hydrogen-bond donors (Lipinski definition) is 0. The molecule has 3 heteroatoms. The largest absolute Gasteiger partial charge is 0.309 e. The molecule has 9 aromatic carbocycles. The van der Waals surface area contributed by atoms with E-state index in [-0.39, 0.29) is 0 Å². The van der Waals surface area contributed by atoms with Crippen molar-refractivity contribution < 1.29 is 0 Å². The predicted octanol–water partition coefficient (Wildman–Crippen LogP) is 12.3. The molecule has 0 amide bonds. The number of benzene rings is 9. The second-order valence-corrected chi connectivity index (χ2v) is 13.7. The van der Waals surface area contributed by atoms with Gasteiger partial charge in [0.1, 0.15) is 0 Å². The van der Waals surface area contributed by atoms with Gasteiger partial charge < -0.3 is 4.90 Å². The summed E-state index contributed by atoms with van der Waals surface area (Å²) < 4.78 is 0. The highest BCUT2D eigenvalue weighted by molar-refractivity contribution is 6.10. The summed E-state index contributed by atoms with van der Waals surface area (Å²) in [6, 6.07) is 67.5. The van der Waals surface area contributed by atoms with E-state index in [2.05, 4.69) is 193 Å². The van der Waals surface area contributed by atoms with Gasteiger partial charge in [-0.1, -0.05) is 146 Å². The molecule has 53 heavy (non-hydrogen) atoms. The summed E-state index contributed by atoms with van der Waals surface area (Å²) >= 11 is 0. The normalized spacial score (nSPS) is 12.1. The first-order valence-electron chi connectivity index (χ1n) is 18.1. The summed E-state index contributed by atoms with van der Waals surface area (Å²) in [6.45, 7) is 0. The van der Waals surface area contributed by atoms with Crippen LogP contribution in [-0.4, -0.2) is 0 Å². The molecule has 0 unspecified atom stereocenters. The van der Waals surface area contributed by atoms with Gasteiger partial charge in [0.05, 0.1) is 39.2 Å². The molecule has 3 nitrogen and oxygen atoms in total. The second-order valence-electron chi connectivity index (χ2n) is 13.7. The SMILES string of the molecule is c1ccc(-c2ccc3c(c2-c2ccccc2N(c2cccc4ccccc24)c2cccc4ccccc24)-c2c4c(ccc2=N3)=c2ccccc2=N4)cc1.